The van der Waals surface area contributed by atoms with Crippen LogP contribution in [0.15, 0.2) is 103 Å². The zero-order valence-corrected chi connectivity index (χ0v) is 34.4. The van der Waals surface area contributed by atoms with Gasteiger partial charge in [-0.15, -0.1) is 0 Å². The second-order valence-corrected chi connectivity index (χ2v) is 14.7. The van der Waals surface area contributed by atoms with Gasteiger partial charge in [-0.05, 0) is 150 Å². The first-order valence-corrected chi connectivity index (χ1v) is 20.7. The minimum atomic E-state index is -0.245. The van der Waals surface area contributed by atoms with Gasteiger partial charge in [0.05, 0.1) is 7.11 Å². The van der Waals surface area contributed by atoms with Crippen molar-refractivity contribution in [3.8, 4) is 0 Å². The molecule has 1 saturated carbocycles. The maximum absolute atomic E-state index is 12.4. The molecule has 0 N–H and O–H groups in total. The molecule has 1 spiro atoms. The van der Waals surface area contributed by atoms with E-state index >= 15 is 0 Å². The average molecular weight is 709 g/mol. The molecule has 0 amide bonds. The summed E-state index contributed by atoms with van der Waals surface area (Å²) < 4.78 is 5.10. The van der Waals surface area contributed by atoms with Crippen molar-refractivity contribution in [1.29, 1.82) is 0 Å². The maximum atomic E-state index is 12.4. The fraction of sp³-hybridized carbons (Fsp3) is 0.431. The largest absolute Gasteiger partial charge is 0.469 e. The van der Waals surface area contributed by atoms with Crippen molar-refractivity contribution < 1.29 is 9.53 Å². The SMILES string of the molecule is C=C1C2=C(C)C3C(CCCC(=O)OC)(c4ccccc4)CCC34C(=C)C(=C)c3c5c(C)c(c2c34)/C1=C1/C=C\CCC/C=C\C=C/5CC1.CC.CC.CC. The molecule has 3 atom stereocenters. The number of carbonyl (C=O) groups excluding carboxylic acids is 1. The Morgan fingerprint density at radius 1 is 0.830 bits per heavy atom. The average Bonchev–Trinajstić information content (AvgIpc) is 3.78. The maximum Gasteiger partial charge on any atom is 0.305 e. The van der Waals surface area contributed by atoms with Crippen molar-refractivity contribution in [1.82, 2.24) is 0 Å². The van der Waals surface area contributed by atoms with E-state index in [0.29, 0.717) is 6.42 Å². The standard InChI is InChI=1S/C45H46O2.3C2H6/c1-27-31(5)45-26-25-44(24-16-21-35(46)47-6,34-19-14-11-15-20-34)43(45)30(4)36-28(2)37-32-17-12-9-7-8-10-13-18-33(23-22-32)38-29(3)39(37)41(36)42(45)40(27)38;3*1-2/h10-15,17-20,43H,1-2,5,7-9,16,21-26H2,3-4,6H3;3*1-2H3/b13-10-,17-12-,33-18-,37-32-;;;. The van der Waals surface area contributed by atoms with E-state index in [0.717, 1.165) is 63.4 Å². The molecule has 3 unspecified atom stereocenters. The van der Waals surface area contributed by atoms with Crippen molar-refractivity contribution in [2.75, 3.05) is 7.11 Å². The Morgan fingerprint density at radius 2 is 1.53 bits per heavy atom. The fourth-order valence-electron chi connectivity index (χ4n) is 10.9. The number of ether oxygens (including phenoxy) is 1. The van der Waals surface area contributed by atoms with Gasteiger partial charge >= 0.3 is 5.97 Å². The summed E-state index contributed by atoms with van der Waals surface area (Å²) in [5.41, 5.74) is 19.9. The van der Waals surface area contributed by atoms with Crippen LogP contribution < -0.4 is 0 Å². The van der Waals surface area contributed by atoms with Crippen LogP contribution in [0.2, 0.25) is 0 Å². The Hall–Kier alpha value is -4.17. The second-order valence-electron chi connectivity index (χ2n) is 14.7. The molecular formula is C51H64O2. The Morgan fingerprint density at radius 3 is 2.23 bits per heavy atom. The molecule has 0 saturated heterocycles. The number of hydrogen-bond donors (Lipinski definition) is 0. The molecular weight excluding hydrogens is 645 g/mol. The highest BCUT2D eigenvalue weighted by molar-refractivity contribution is 6.16. The molecule has 6 aliphatic rings. The van der Waals surface area contributed by atoms with Crippen molar-refractivity contribution in [3.05, 3.63) is 142 Å². The predicted molar refractivity (Wildman–Crippen MR) is 230 cm³/mol. The Kier molecular flexibility index (Phi) is 12.4. The number of fused-ring (bicyclic) bond motifs is 6. The van der Waals surface area contributed by atoms with Gasteiger partial charge in [0, 0.05) is 23.2 Å². The molecule has 0 aliphatic heterocycles. The highest BCUT2D eigenvalue weighted by Gasteiger charge is 2.66. The van der Waals surface area contributed by atoms with E-state index in [1.165, 1.54) is 85.1 Å². The summed E-state index contributed by atoms with van der Waals surface area (Å²) in [6.45, 7) is 31.5. The minimum Gasteiger partial charge on any atom is -0.469 e. The van der Waals surface area contributed by atoms with Gasteiger partial charge in [-0.25, -0.2) is 0 Å². The van der Waals surface area contributed by atoms with E-state index in [4.69, 9.17) is 24.5 Å². The zero-order chi connectivity index (χ0) is 38.7. The molecule has 4 bridgehead atoms. The lowest BCUT2D eigenvalue weighted by molar-refractivity contribution is -0.140. The molecule has 0 radical (unpaired) electrons. The molecule has 8 rings (SSSR count). The quantitative estimate of drug-likeness (QED) is 0.289. The predicted octanol–water partition coefficient (Wildman–Crippen LogP) is 14.2. The number of esters is 1. The van der Waals surface area contributed by atoms with Crippen LogP contribution in [0.4, 0.5) is 0 Å². The van der Waals surface area contributed by atoms with Gasteiger partial charge < -0.3 is 4.74 Å². The summed E-state index contributed by atoms with van der Waals surface area (Å²) in [6, 6.07) is 11.1. The second kappa shape index (κ2) is 16.5. The summed E-state index contributed by atoms with van der Waals surface area (Å²) in [5, 5.41) is 0. The van der Waals surface area contributed by atoms with Crippen molar-refractivity contribution >= 4 is 28.3 Å². The van der Waals surface area contributed by atoms with Crippen LogP contribution in [0.25, 0.3) is 22.3 Å². The first kappa shape index (κ1) is 40.0. The minimum absolute atomic E-state index is 0.133. The Balaban J connectivity index is 0.000000861. The van der Waals surface area contributed by atoms with E-state index < -0.39 is 0 Å². The first-order chi connectivity index (χ1) is 25.8. The van der Waals surface area contributed by atoms with E-state index in [1.807, 2.05) is 41.5 Å². The molecule has 2 heteroatoms. The van der Waals surface area contributed by atoms with Gasteiger partial charge in [0.2, 0.25) is 0 Å². The van der Waals surface area contributed by atoms with Crippen LogP contribution in [0, 0.1) is 12.8 Å². The number of hydrogen-bond acceptors (Lipinski definition) is 2. The smallest absolute Gasteiger partial charge is 0.305 e. The first-order valence-electron chi connectivity index (χ1n) is 20.7. The van der Waals surface area contributed by atoms with Crippen LogP contribution in [0.1, 0.15) is 152 Å². The van der Waals surface area contributed by atoms with Gasteiger partial charge in [-0.3, -0.25) is 4.79 Å². The van der Waals surface area contributed by atoms with Crippen molar-refractivity contribution in [2.24, 2.45) is 5.92 Å². The monoisotopic (exact) mass is 708 g/mol. The van der Waals surface area contributed by atoms with Crippen molar-refractivity contribution in [2.45, 2.75) is 130 Å². The summed E-state index contributed by atoms with van der Waals surface area (Å²) in [7, 11) is 1.50. The summed E-state index contributed by atoms with van der Waals surface area (Å²) in [5.74, 6) is 0.0580. The number of allylic oxidation sites excluding steroid dienone is 13. The molecule has 0 heterocycles. The number of benzene rings is 2. The molecule has 2 aromatic carbocycles. The van der Waals surface area contributed by atoms with Gasteiger partial charge in [0.15, 0.2) is 0 Å². The molecule has 1 fully saturated rings. The number of rotatable bonds is 5. The van der Waals surface area contributed by atoms with Gasteiger partial charge in [-0.2, -0.15) is 0 Å². The number of carbonyl (C=O) groups is 1. The summed E-state index contributed by atoms with van der Waals surface area (Å²) in [6.07, 6.45) is 21.4. The Labute approximate surface area is 321 Å². The topological polar surface area (TPSA) is 26.3 Å². The van der Waals surface area contributed by atoms with Gasteiger partial charge in [0.25, 0.3) is 0 Å². The van der Waals surface area contributed by atoms with Crippen molar-refractivity contribution in [3.63, 3.8) is 0 Å². The summed E-state index contributed by atoms with van der Waals surface area (Å²) >= 11 is 0. The molecule has 280 valence electrons. The van der Waals surface area contributed by atoms with Crippen LogP contribution >= 0.6 is 0 Å². The zero-order valence-electron chi connectivity index (χ0n) is 34.4. The lowest BCUT2D eigenvalue weighted by Crippen LogP contribution is -2.44. The highest BCUT2D eigenvalue weighted by Crippen LogP contribution is 2.75. The van der Waals surface area contributed by atoms with Crippen LogP contribution in [-0.4, -0.2) is 13.1 Å². The normalized spacial score (nSPS) is 27.9. The lowest BCUT2D eigenvalue weighted by Gasteiger charge is -2.48. The van der Waals surface area contributed by atoms with E-state index in [9.17, 15) is 4.79 Å². The third kappa shape index (κ3) is 5.96. The van der Waals surface area contributed by atoms with Crippen LogP contribution in [-0.2, 0) is 20.4 Å². The summed E-state index contributed by atoms with van der Waals surface area (Å²) in [4.78, 5) is 12.4. The third-order valence-corrected chi connectivity index (χ3v) is 12.7. The van der Waals surface area contributed by atoms with Crippen LogP contribution in [0.3, 0.4) is 0 Å². The third-order valence-electron chi connectivity index (χ3n) is 12.7. The highest BCUT2D eigenvalue weighted by atomic mass is 16.5. The van der Waals surface area contributed by atoms with Gasteiger partial charge in [-0.1, -0.05) is 128 Å². The molecule has 2 nitrogen and oxygen atoms in total. The molecule has 2 aromatic rings. The van der Waals surface area contributed by atoms with E-state index in [1.54, 1.807) is 0 Å². The molecule has 6 aliphatic carbocycles. The Bertz CT molecular complexity index is 1950. The van der Waals surface area contributed by atoms with E-state index in [2.05, 4.69) is 74.6 Å². The fourth-order valence-corrected chi connectivity index (χ4v) is 10.9. The van der Waals surface area contributed by atoms with Crippen LogP contribution in [0.5, 0.6) is 0 Å². The van der Waals surface area contributed by atoms with E-state index in [-0.39, 0.29) is 22.7 Å². The molecule has 0 aromatic heterocycles. The van der Waals surface area contributed by atoms with Gasteiger partial charge in [0.1, 0.15) is 0 Å². The number of methoxy groups -OCH3 is 1. The molecule has 53 heavy (non-hydrogen) atoms. The lowest BCUT2D eigenvalue weighted by atomic mass is 9.54.